The highest BCUT2D eigenvalue weighted by atomic mass is 16.4. The van der Waals surface area contributed by atoms with Gasteiger partial charge in [-0.1, -0.05) is 61.3 Å². The standard InChI is InChI=1S/C14H18O2/c1-2-3-4-5-6-7-8-9-10-11-12-13-14(15)16/h2-10H,1,11-13H2,(H,15,16)/b4-3+,6-5+,8-7+,10-9+. The molecule has 0 unspecified atom stereocenters. The second-order valence-electron chi connectivity index (χ2n) is 3.10. The van der Waals surface area contributed by atoms with Gasteiger partial charge in [0.15, 0.2) is 0 Å². The lowest BCUT2D eigenvalue weighted by atomic mass is 10.2. The number of rotatable bonds is 8. The number of carboxylic acid groups (broad SMARTS) is 1. The first-order valence-corrected chi connectivity index (χ1v) is 5.26. The highest BCUT2D eigenvalue weighted by Gasteiger charge is 1.92. The van der Waals surface area contributed by atoms with Crippen LogP contribution in [0.2, 0.25) is 0 Å². The van der Waals surface area contributed by atoms with Gasteiger partial charge in [-0.15, -0.1) is 0 Å². The first-order valence-electron chi connectivity index (χ1n) is 5.26. The van der Waals surface area contributed by atoms with Crippen molar-refractivity contribution in [2.45, 2.75) is 19.3 Å². The van der Waals surface area contributed by atoms with Crippen molar-refractivity contribution in [3.05, 3.63) is 61.3 Å². The first kappa shape index (κ1) is 14.2. The summed E-state index contributed by atoms with van der Waals surface area (Å²) in [5.41, 5.74) is 0. The third kappa shape index (κ3) is 12.2. The van der Waals surface area contributed by atoms with Crippen molar-refractivity contribution in [3.8, 4) is 0 Å². The van der Waals surface area contributed by atoms with Gasteiger partial charge in [0.05, 0.1) is 0 Å². The minimum absolute atomic E-state index is 0.236. The fourth-order valence-electron chi connectivity index (χ4n) is 0.945. The van der Waals surface area contributed by atoms with E-state index >= 15 is 0 Å². The van der Waals surface area contributed by atoms with E-state index in [4.69, 9.17) is 5.11 Å². The molecule has 16 heavy (non-hydrogen) atoms. The van der Waals surface area contributed by atoms with E-state index in [-0.39, 0.29) is 6.42 Å². The average Bonchev–Trinajstić information content (AvgIpc) is 2.25. The minimum atomic E-state index is -0.735. The van der Waals surface area contributed by atoms with Gasteiger partial charge in [0.2, 0.25) is 0 Å². The van der Waals surface area contributed by atoms with E-state index in [1.54, 1.807) is 6.08 Å². The van der Waals surface area contributed by atoms with Gasteiger partial charge in [0.25, 0.3) is 0 Å². The number of unbranched alkanes of at least 4 members (excludes halogenated alkanes) is 1. The van der Waals surface area contributed by atoms with Crippen molar-refractivity contribution < 1.29 is 9.90 Å². The summed E-state index contributed by atoms with van der Waals surface area (Å²) in [6, 6.07) is 0. The minimum Gasteiger partial charge on any atom is -0.481 e. The Hall–Kier alpha value is -1.83. The van der Waals surface area contributed by atoms with E-state index < -0.39 is 5.97 Å². The van der Waals surface area contributed by atoms with Gasteiger partial charge in [-0.3, -0.25) is 4.79 Å². The molecular formula is C14H18O2. The molecule has 0 aromatic carbocycles. The summed E-state index contributed by atoms with van der Waals surface area (Å²) in [5.74, 6) is -0.735. The molecule has 0 aliphatic rings. The van der Waals surface area contributed by atoms with Gasteiger partial charge >= 0.3 is 5.97 Å². The Morgan fingerprint density at radius 1 is 1.00 bits per heavy atom. The van der Waals surface area contributed by atoms with Gasteiger partial charge in [0.1, 0.15) is 0 Å². The zero-order chi connectivity index (χ0) is 12.1. The van der Waals surface area contributed by atoms with E-state index in [2.05, 4.69) is 6.58 Å². The van der Waals surface area contributed by atoms with Crippen molar-refractivity contribution in [1.82, 2.24) is 0 Å². The smallest absolute Gasteiger partial charge is 0.303 e. The normalized spacial score (nSPS) is 12.2. The van der Waals surface area contributed by atoms with Crippen molar-refractivity contribution in [3.63, 3.8) is 0 Å². The number of aliphatic carboxylic acids is 1. The van der Waals surface area contributed by atoms with Crippen molar-refractivity contribution in [2.24, 2.45) is 0 Å². The van der Waals surface area contributed by atoms with Crippen LogP contribution in [0, 0.1) is 0 Å². The topological polar surface area (TPSA) is 37.3 Å². The van der Waals surface area contributed by atoms with Crippen molar-refractivity contribution in [1.29, 1.82) is 0 Å². The molecule has 2 nitrogen and oxygen atoms in total. The Morgan fingerprint density at radius 3 is 2.12 bits per heavy atom. The van der Waals surface area contributed by atoms with Gasteiger partial charge in [-0.2, -0.15) is 0 Å². The Kier molecular flexibility index (Phi) is 9.96. The van der Waals surface area contributed by atoms with Crippen LogP contribution in [0.15, 0.2) is 61.3 Å². The van der Waals surface area contributed by atoms with Crippen molar-refractivity contribution >= 4 is 5.97 Å². The quantitative estimate of drug-likeness (QED) is 0.498. The Balaban J connectivity index is 3.55. The third-order valence-electron chi connectivity index (χ3n) is 1.70. The number of carboxylic acids is 1. The highest BCUT2D eigenvalue weighted by molar-refractivity contribution is 5.66. The molecule has 0 bridgehead atoms. The van der Waals surface area contributed by atoms with Crippen LogP contribution in [0.25, 0.3) is 0 Å². The Morgan fingerprint density at radius 2 is 1.56 bits per heavy atom. The zero-order valence-electron chi connectivity index (χ0n) is 9.38. The van der Waals surface area contributed by atoms with Crippen LogP contribution in [0.3, 0.4) is 0 Å². The summed E-state index contributed by atoms with van der Waals surface area (Å²) in [6.45, 7) is 3.56. The van der Waals surface area contributed by atoms with Gasteiger partial charge in [-0.05, 0) is 12.8 Å². The van der Waals surface area contributed by atoms with Crippen LogP contribution >= 0.6 is 0 Å². The average molecular weight is 218 g/mol. The highest BCUT2D eigenvalue weighted by Crippen LogP contribution is 1.96. The molecule has 0 aliphatic heterocycles. The molecule has 0 fully saturated rings. The van der Waals surface area contributed by atoms with E-state index in [1.165, 1.54) is 0 Å². The molecule has 0 rings (SSSR count). The number of allylic oxidation sites excluding steroid dienone is 9. The van der Waals surface area contributed by atoms with Crippen LogP contribution in [-0.4, -0.2) is 11.1 Å². The molecule has 0 spiro atoms. The third-order valence-corrected chi connectivity index (χ3v) is 1.70. The first-order chi connectivity index (χ1) is 7.77. The maximum atomic E-state index is 10.2. The molecule has 0 aliphatic carbocycles. The lowest BCUT2D eigenvalue weighted by Gasteiger charge is -1.88. The molecule has 2 heteroatoms. The molecule has 0 amide bonds. The van der Waals surface area contributed by atoms with Crippen LogP contribution in [0.4, 0.5) is 0 Å². The largest absolute Gasteiger partial charge is 0.481 e. The number of hydrogen-bond donors (Lipinski definition) is 1. The maximum absolute atomic E-state index is 10.2. The van der Waals surface area contributed by atoms with Crippen LogP contribution in [0.1, 0.15) is 19.3 Å². The summed E-state index contributed by atoms with van der Waals surface area (Å²) in [6.07, 6.45) is 18.7. The number of hydrogen-bond acceptors (Lipinski definition) is 1. The summed E-state index contributed by atoms with van der Waals surface area (Å²) < 4.78 is 0. The Bertz CT molecular complexity index is 307. The SMILES string of the molecule is C=C/C=C/C=C/C=C/C=C/CCCC(=O)O. The second kappa shape index (κ2) is 11.2. The number of carbonyl (C=O) groups is 1. The van der Waals surface area contributed by atoms with E-state index in [1.807, 2.05) is 48.6 Å². The maximum Gasteiger partial charge on any atom is 0.303 e. The zero-order valence-corrected chi connectivity index (χ0v) is 9.38. The van der Waals surface area contributed by atoms with E-state index in [0.717, 1.165) is 6.42 Å². The molecular weight excluding hydrogens is 200 g/mol. The summed E-state index contributed by atoms with van der Waals surface area (Å²) in [4.78, 5) is 10.2. The lowest BCUT2D eigenvalue weighted by molar-refractivity contribution is -0.137. The molecule has 1 N–H and O–H groups in total. The fraction of sp³-hybridized carbons (Fsp3) is 0.214. The monoisotopic (exact) mass is 218 g/mol. The molecule has 0 aromatic rings. The summed E-state index contributed by atoms with van der Waals surface area (Å²) in [5, 5.41) is 8.40. The van der Waals surface area contributed by atoms with Gasteiger partial charge < -0.3 is 5.11 Å². The van der Waals surface area contributed by atoms with E-state index in [9.17, 15) is 4.79 Å². The summed E-state index contributed by atoms with van der Waals surface area (Å²) in [7, 11) is 0. The molecule has 0 heterocycles. The Labute approximate surface area is 97.0 Å². The summed E-state index contributed by atoms with van der Waals surface area (Å²) >= 11 is 0. The molecule has 0 atom stereocenters. The fourth-order valence-corrected chi connectivity index (χ4v) is 0.945. The molecule has 0 radical (unpaired) electrons. The molecule has 0 aromatic heterocycles. The molecule has 0 saturated carbocycles. The molecule has 0 saturated heterocycles. The second-order valence-corrected chi connectivity index (χ2v) is 3.10. The predicted octanol–water partition coefficient (Wildman–Crippen LogP) is 3.65. The molecule has 86 valence electrons. The van der Waals surface area contributed by atoms with Gasteiger partial charge in [-0.25, -0.2) is 0 Å². The van der Waals surface area contributed by atoms with Crippen LogP contribution in [-0.2, 0) is 4.79 Å². The van der Waals surface area contributed by atoms with Gasteiger partial charge in [0, 0.05) is 6.42 Å². The predicted molar refractivity (Wildman–Crippen MR) is 68.2 cm³/mol. The van der Waals surface area contributed by atoms with Crippen LogP contribution in [0.5, 0.6) is 0 Å². The van der Waals surface area contributed by atoms with E-state index in [0.29, 0.717) is 6.42 Å². The van der Waals surface area contributed by atoms with Crippen LogP contribution < -0.4 is 0 Å². The lowest BCUT2D eigenvalue weighted by Crippen LogP contribution is -1.92. The van der Waals surface area contributed by atoms with Crippen molar-refractivity contribution in [2.75, 3.05) is 0 Å².